The van der Waals surface area contributed by atoms with Gasteiger partial charge < -0.3 is 19.3 Å². The lowest BCUT2D eigenvalue weighted by molar-refractivity contribution is -0.155. The van der Waals surface area contributed by atoms with Crippen molar-refractivity contribution in [1.82, 2.24) is 4.90 Å². The van der Waals surface area contributed by atoms with Gasteiger partial charge in [0.15, 0.2) is 6.10 Å². The molecule has 1 heterocycles. The maximum absolute atomic E-state index is 12.7. The number of esters is 1. The molecule has 1 amide bonds. The fraction of sp³-hybridized carbons (Fsp3) is 0.333. The first-order valence-electron chi connectivity index (χ1n) is 10.3. The highest BCUT2D eigenvalue weighted by Gasteiger charge is 2.26. The van der Waals surface area contributed by atoms with Gasteiger partial charge in [-0.25, -0.2) is 4.79 Å². The molecule has 0 spiro atoms. The second kappa shape index (κ2) is 10.5. The minimum absolute atomic E-state index is 0.167. The Kier molecular flexibility index (Phi) is 7.49. The number of hydrogen-bond donors (Lipinski definition) is 0. The third kappa shape index (κ3) is 5.63. The number of amides is 1. The van der Waals surface area contributed by atoms with Gasteiger partial charge in [-0.3, -0.25) is 4.79 Å². The Bertz CT molecular complexity index is 874. The molecule has 6 nitrogen and oxygen atoms in total. The summed E-state index contributed by atoms with van der Waals surface area (Å²) >= 11 is 0. The summed E-state index contributed by atoms with van der Waals surface area (Å²) in [5.41, 5.74) is 1.94. The van der Waals surface area contributed by atoms with E-state index in [1.165, 1.54) is 6.08 Å². The quantitative estimate of drug-likeness (QED) is 0.519. The molecule has 6 heteroatoms. The molecule has 1 fully saturated rings. The summed E-state index contributed by atoms with van der Waals surface area (Å²) in [6.45, 7) is 6.78. The zero-order valence-electron chi connectivity index (χ0n) is 17.5. The van der Waals surface area contributed by atoms with Crippen LogP contribution in [0.15, 0.2) is 60.7 Å². The van der Waals surface area contributed by atoms with Crippen LogP contribution < -0.4 is 9.64 Å². The molecule has 0 aromatic heterocycles. The second-order valence-electron chi connectivity index (χ2n) is 7.03. The fourth-order valence-corrected chi connectivity index (χ4v) is 3.41. The van der Waals surface area contributed by atoms with E-state index in [2.05, 4.69) is 17.0 Å². The summed E-state index contributed by atoms with van der Waals surface area (Å²) in [5.74, 6) is -0.0197. The fourth-order valence-electron chi connectivity index (χ4n) is 3.41. The van der Waals surface area contributed by atoms with Gasteiger partial charge in [-0.15, -0.1) is 0 Å². The van der Waals surface area contributed by atoms with Crippen LogP contribution in [-0.4, -0.2) is 55.7 Å². The first-order chi connectivity index (χ1) is 14.6. The lowest BCUT2D eigenvalue weighted by atomic mass is 10.2. The van der Waals surface area contributed by atoms with Crippen molar-refractivity contribution in [3.8, 4) is 5.75 Å². The number of anilines is 1. The number of ether oxygens (including phenoxy) is 2. The van der Waals surface area contributed by atoms with Gasteiger partial charge in [0.1, 0.15) is 5.75 Å². The van der Waals surface area contributed by atoms with Crippen molar-refractivity contribution >= 4 is 23.6 Å². The van der Waals surface area contributed by atoms with E-state index in [4.69, 9.17) is 9.47 Å². The molecular formula is C24H28N2O4. The van der Waals surface area contributed by atoms with Crippen molar-refractivity contribution in [3.05, 3.63) is 66.2 Å². The molecule has 30 heavy (non-hydrogen) atoms. The van der Waals surface area contributed by atoms with Gasteiger partial charge in [-0.1, -0.05) is 36.4 Å². The Morgan fingerprint density at radius 3 is 2.37 bits per heavy atom. The standard InChI is InChI=1S/C24H28N2O4/c1-3-29-22-12-8-7-9-20(22)13-14-23(27)30-19(2)24(28)26-17-15-25(16-18-26)21-10-5-4-6-11-21/h4-14,19H,3,15-18H2,1-2H3/b14-13+/t19-/m0/s1. The van der Waals surface area contributed by atoms with Crippen molar-refractivity contribution in [3.63, 3.8) is 0 Å². The number of para-hydroxylation sites is 2. The van der Waals surface area contributed by atoms with Gasteiger partial charge in [0.2, 0.25) is 0 Å². The van der Waals surface area contributed by atoms with E-state index < -0.39 is 12.1 Å². The number of hydrogen-bond acceptors (Lipinski definition) is 5. The van der Waals surface area contributed by atoms with Crippen LogP contribution >= 0.6 is 0 Å². The van der Waals surface area contributed by atoms with Crippen LogP contribution in [0.2, 0.25) is 0 Å². The summed E-state index contributed by atoms with van der Waals surface area (Å²) < 4.78 is 10.9. The van der Waals surface area contributed by atoms with Crippen molar-refractivity contribution in [2.24, 2.45) is 0 Å². The van der Waals surface area contributed by atoms with Crippen molar-refractivity contribution < 1.29 is 19.1 Å². The normalized spacial score (nSPS) is 15.1. The van der Waals surface area contributed by atoms with Crippen LogP contribution in [0.25, 0.3) is 6.08 Å². The highest BCUT2D eigenvalue weighted by molar-refractivity contribution is 5.90. The van der Waals surface area contributed by atoms with E-state index in [1.54, 1.807) is 17.9 Å². The van der Waals surface area contributed by atoms with E-state index in [0.717, 1.165) is 24.3 Å². The van der Waals surface area contributed by atoms with Gasteiger partial charge in [-0.2, -0.15) is 0 Å². The molecule has 1 atom stereocenters. The smallest absolute Gasteiger partial charge is 0.331 e. The maximum atomic E-state index is 12.7. The van der Waals surface area contributed by atoms with E-state index in [9.17, 15) is 9.59 Å². The zero-order chi connectivity index (χ0) is 21.3. The predicted octanol–water partition coefficient (Wildman–Crippen LogP) is 3.38. The molecular weight excluding hydrogens is 380 g/mol. The highest BCUT2D eigenvalue weighted by atomic mass is 16.5. The van der Waals surface area contributed by atoms with Crippen molar-refractivity contribution in [1.29, 1.82) is 0 Å². The summed E-state index contributed by atoms with van der Waals surface area (Å²) in [5, 5.41) is 0. The van der Waals surface area contributed by atoms with Crippen LogP contribution in [0.4, 0.5) is 5.69 Å². The third-order valence-electron chi connectivity index (χ3n) is 4.97. The number of nitrogens with zero attached hydrogens (tertiary/aromatic N) is 2. The van der Waals surface area contributed by atoms with Crippen LogP contribution in [-0.2, 0) is 14.3 Å². The van der Waals surface area contributed by atoms with Crippen LogP contribution in [0.3, 0.4) is 0 Å². The highest BCUT2D eigenvalue weighted by Crippen LogP contribution is 2.20. The van der Waals surface area contributed by atoms with Crippen LogP contribution in [0, 0.1) is 0 Å². The third-order valence-corrected chi connectivity index (χ3v) is 4.97. The van der Waals surface area contributed by atoms with Crippen molar-refractivity contribution in [2.45, 2.75) is 20.0 Å². The van der Waals surface area contributed by atoms with Crippen molar-refractivity contribution in [2.75, 3.05) is 37.7 Å². The number of piperazine rings is 1. The molecule has 1 aliphatic heterocycles. The first-order valence-corrected chi connectivity index (χ1v) is 10.3. The average molecular weight is 408 g/mol. The Balaban J connectivity index is 1.50. The second-order valence-corrected chi connectivity index (χ2v) is 7.03. The van der Waals surface area contributed by atoms with E-state index in [0.29, 0.717) is 25.4 Å². The summed E-state index contributed by atoms with van der Waals surface area (Å²) in [4.78, 5) is 28.9. The monoisotopic (exact) mass is 408 g/mol. The van der Waals surface area contributed by atoms with Gasteiger partial charge in [-0.05, 0) is 38.1 Å². The molecule has 0 radical (unpaired) electrons. The molecule has 0 N–H and O–H groups in total. The molecule has 1 aliphatic rings. The lowest BCUT2D eigenvalue weighted by Crippen LogP contribution is -2.51. The van der Waals surface area contributed by atoms with E-state index in [-0.39, 0.29) is 5.91 Å². The minimum Gasteiger partial charge on any atom is -0.493 e. The molecule has 2 aromatic rings. The Morgan fingerprint density at radius 2 is 1.67 bits per heavy atom. The number of rotatable bonds is 7. The molecule has 3 rings (SSSR count). The summed E-state index contributed by atoms with van der Waals surface area (Å²) in [6, 6.07) is 17.6. The number of carbonyl (C=O) groups excluding carboxylic acids is 2. The number of benzene rings is 2. The molecule has 0 unspecified atom stereocenters. The number of carbonyl (C=O) groups is 2. The Labute approximate surface area is 177 Å². The van der Waals surface area contributed by atoms with E-state index >= 15 is 0 Å². The Hall–Kier alpha value is -3.28. The predicted molar refractivity (Wildman–Crippen MR) is 117 cm³/mol. The summed E-state index contributed by atoms with van der Waals surface area (Å²) in [7, 11) is 0. The van der Waals surface area contributed by atoms with Gasteiger partial charge in [0, 0.05) is 43.5 Å². The zero-order valence-corrected chi connectivity index (χ0v) is 17.5. The molecule has 158 valence electrons. The Morgan fingerprint density at radius 1 is 1.00 bits per heavy atom. The minimum atomic E-state index is -0.826. The summed E-state index contributed by atoms with van der Waals surface area (Å²) in [6.07, 6.45) is 2.14. The van der Waals surface area contributed by atoms with Crippen LogP contribution in [0.5, 0.6) is 5.75 Å². The molecule has 1 saturated heterocycles. The molecule has 2 aromatic carbocycles. The topological polar surface area (TPSA) is 59.1 Å². The van der Waals surface area contributed by atoms with Gasteiger partial charge >= 0.3 is 5.97 Å². The van der Waals surface area contributed by atoms with Crippen LogP contribution in [0.1, 0.15) is 19.4 Å². The molecule has 0 aliphatic carbocycles. The first kappa shape index (κ1) is 21.4. The largest absolute Gasteiger partial charge is 0.493 e. The van der Waals surface area contributed by atoms with Gasteiger partial charge in [0.05, 0.1) is 6.61 Å². The molecule has 0 bridgehead atoms. The average Bonchev–Trinajstić information content (AvgIpc) is 2.79. The molecule has 0 saturated carbocycles. The van der Waals surface area contributed by atoms with Gasteiger partial charge in [0.25, 0.3) is 5.91 Å². The maximum Gasteiger partial charge on any atom is 0.331 e. The SMILES string of the molecule is CCOc1ccccc1/C=C/C(=O)O[C@@H](C)C(=O)N1CCN(c2ccccc2)CC1. The lowest BCUT2D eigenvalue weighted by Gasteiger charge is -2.36. The van der Waals surface area contributed by atoms with E-state index in [1.807, 2.05) is 49.4 Å².